The van der Waals surface area contributed by atoms with Crippen LogP contribution in [0.25, 0.3) is 0 Å². The predicted octanol–water partition coefficient (Wildman–Crippen LogP) is 4.41. The number of hydrogen-bond donors (Lipinski definition) is 3. The van der Waals surface area contributed by atoms with E-state index in [4.69, 9.17) is 0 Å². The SMILES string of the molecule is CC(C)C[C@H](O)[C@H](O)[C@H](CC1CCCCC1)NC(=O)[C@@H](CC(=O)N(CC(=O)N(C)C)CC1CCCCC1)Cc1cscn1. The number of nitrogens with one attached hydrogen (secondary N) is 1. The van der Waals surface area contributed by atoms with Crippen LogP contribution in [0.1, 0.15) is 103 Å². The number of carbonyl (C=O) groups excluding carboxylic acids is 3. The Morgan fingerprint density at radius 3 is 2.16 bits per heavy atom. The van der Waals surface area contributed by atoms with E-state index in [1.54, 1.807) is 24.5 Å². The van der Waals surface area contributed by atoms with Crippen molar-refractivity contribution in [3.8, 4) is 0 Å². The molecule has 10 heteroatoms. The highest BCUT2D eigenvalue weighted by Gasteiger charge is 2.34. The van der Waals surface area contributed by atoms with Crippen LogP contribution in [0.3, 0.4) is 0 Å². The minimum Gasteiger partial charge on any atom is -0.390 e. The van der Waals surface area contributed by atoms with Crippen molar-refractivity contribution < 1.29 is 24.6 Å². The van der Waals surface area contributed by atoms with Crippen molar-refractivity contribution in [3.05, 3.63) is 16.6 Å². The molecule has 2 aliphatic rings. The van der Waals surface area contributed by atoms with Crippen molar-refractivity contribution in [1.82, 2.24) is 20.1 Å². The first-order valence-electron chi connectivity index (χ1n) is 16.5. The van der Waals surface area contributed by atoms with Gasteiger partial charge < -0.3 is 25.3 Å². The van der Waals surface area contributed by atoms with E-state index in [9.17, 15) is 24.6 Å². The Balaban J connectivity index is 1.79. The molecule has 0 unspecified atom stereocenters. The van der Waals surface area contributed by atoms with Gasteiger partial charge in [0.2, 0.25) is 17.7 Å². The molecule has 2 saturated carbocycles. The minimum atomic E-state index is -1.09. The third-order valence-electron chi connectivity index (χ3n) is 9.27. The summed E-state index contributed by atoms with van der Waals surface area (Å²) in [6, 6.07) is -0.606. The molecule has 0 aromatic carbocycles. The lowest BCUT2D eigenvalue weighted by Crippen LogP contribution is -2.52. The molecular formula is C33H56N4O5S. The van der Waals surface area contributed by atoms with E-state index in [1.807, 2.05) is 19.2 Å². The molecule has 0 saturated heterocycles. The zero-order valence-electron chi connectivity index (χ0n) is 26.9. The number of aromatic nitrogens is 1. The fourth-order valence-electron chi connectivity index (χ4n) is 6.69. The fourth-order valence-corrected chi connectivity index (χ4v) is 7.26. The van der Waals surface area contributed by atoms with Gasteiger partial charge in [-0.25, -0.2) is 4.98 Å². The van der Waals surface area contributed by atoms with Crippen LogP contribution in [0.2, 0.25) is 0 Å². The first-order valence-corrected chi connectivity index (χ1v) is 17.5. The zero-order valence-corrected chi connectivity index (χ0v) is 27.7. The van der Waals surface area contributed by atoms with Crippen LogP contribution in [0, 0.1) is 23.7 Å². The van der Waals surface area contributed by atoms with Crippen molar-refractivity contribution in [2.45, 2.75) is 122 Å². The van der Waals surface area contributed by atoms with Crippen LogP contribution in [0.15, 0.2) is 10.9 Å². The number of nitrogens with zero attached hydrogens (tertiary/aromatic N) is 3. The Morgan fingerprint density at radius 1 is 0.977 bits per heavy atom. The number of amides is 3. The first kappa shape index (κ1) is 35.4. The summed E-state index contributed by atoms with van der Waals surface area (Å²) in [5, 5.41) is 27.1. The Morgan fingerprint density at radius 2 is 1.60 bits per heavy atom. The zero-order chi connectivity index (χ0) is 31.4. The maximum atomic E-state index is 14.0. The van der Waals surface area contributed by atoms with E-state index in [1.165, 1.54) is 29.1 Å². The van der Waals surface area contributed by atoms with Crippen LogP contribution in [0.4, 0.5) is 0 Å². The third-order valence-corrected chi connectivity index (χ3v) is 9.91. The number of likely N-dealkylation sites (N-methyl/N-ethyl adjacent to an activating group) is 1. The molecule has 0 spiro atoms. The Bertz CT molecular complexity index is 976. The predicted molar refractivity (Wildman–Crippen MR) is 170 cm³/mol. The largest absolute Gasteiger partial charge is 0.390 e. The monoisotopic (exact) mass is 620 g/mol. The summed E-state index contributed by atoms with van der Waals surface area (Å²) >= 11 is 1.44. The normalized spacial score (nSPS) is 19.4. The van der Waals surface area contributed by atoms with Gasteiger partial charge in [-0.05, 0) is 43.4 Å². The van der Waals surface area contributed by atoms with E-state index < -0.39 is 24.2 Å². The second-order valence-electron chi connectivity index (χ2n) is 13.7. The summed E-state index contributed by atoms with van der Waals surface area (Å²) in [6.45, 7) is 4.52. The van der Waals surface area contributed by atoms with Crippen molar-refractivity contribution in [2.75, 3.05) is 27.2 Å². The van der Waals surface area contributed by atoms with Crippen molar-refractivity contribution in [3.63, 3.8) is 0 Å². The van der Waals surface area contributed by atoms with Gasteiger partial charge >= 0.3 is 0 Å². The molecule has 1 aromatic rings. The summed E-state index contributed by atoms with van der Waals surface area (Å²) in [4.78, 5) is 48.1. The molecule has 3 N–H and O–H groups in total. The molecule has 3 amide bonds. The highest BCUT2D eigenvalue weighted by Crippen LogP contribution is 2.30. The van der Waals surface area contributed by atoms with Gasteiger partial charge in [0.15, 0.2) is 0 Å². The molecule has 2 aliphatic carbocycles. The number of hydrogen-bond acceptors (Lipinski definition) is 7. The lowest BCUT2D eigenvalue weighted by Gasteiger charge is -2.34. The van der Waals surface area contributed by atoms with Gasteiger partial charge in [-0.2, -0.15) is 0 Å². The number of rotatable bonds is 16. The molecule has 3 rings (SSSR count). The second kappa shape index (κ2) is 18.1. The maximum Gasteiger partial charge on any atom is 0.241 e. The van der Waals surface area contributed by atoms with Crippen LogP contribution in [0.5, 0.6) is 0 Å². The fraction of sp³-hybridized carbons (Fsp3) is 0.818. The van der Waals surface area contributed by atoms with Gasteiger partial charge in [0.1, 0.15) is 6.10 Å². The Hall–Kier alpha value is -2.04. The Kier molecular flexibility index (Phi) is 14.9. The summed E-state index contributed by atoms with van der Waals surface area (Å²) in [7, 11) is 3.38. The van der Waals surface area contributed by atoms with Crippen molar-refractivity contribution >= 4 is 29.1 Å². The summed E-state index contributed by atoms with van der Waals surface area (Å²) in [5.74, 6) is -0.432. The molecule has 9 nitrogen and oxygen atoms in total. The molecule has 43 heavy (non-hydrogen) atoms. The topological polar surface area (TPSA) is 123 Å². The molecular weight excluding hydrogens is 564 g/mol. The van der Waals surface area contributed by atoms with Crippen LogP contribution < -0.4 is 5.32 Å². The average Bonchev–Trinajstić information content (AvgIpc) is 3.49. The lowest BCUT2D eigenvalue weighted by molar-refractivity contribution is -0.142. The lowest BCUT2D eigenvalue weighted by atomic mass is 9.82. The summed E-state index contributed by atoms with van der Waals surface area (Å²) in [5.41, 5.74) is 2.46. The highest BCUT2D eigenvalue weighted by molar-refractivity contribution is 7.07. The van der Waals surface area contributed by atoms with Gasteiger partial charge in [-0.15, -0.1) is 11.3 Å². The van der Waals surface area contributed by atoms with E-state index in [0.29, 0.717) is 37.6 Å². The quantitative estimate of drug-likeness (QED) is 0.252. The second-order valence-corrected chi connectivity index (χ2v) is 14.4. The van der Waals surface area contributed by atoms with E-state index in [0.717, 1.165) is 57.1 Å². The van der Waals surface area contributed by atoms with E-state index in [2.05, 4.69) is 10.3 Å². The van der Waals surface area contributed by atoms with Gasteiger partial charge in [0.25, 0.3) is 0 Å². The average molecular weight is 621 g/mol. The van der Waals surface area contributed by atoms with E-state index in [-0.39, 0.29) is 36.6 Å². The smallest absolute Gasteiger partial charge is 0.241 e. The first-order chi connectivity index (χ1) is 20.5. The molecule has 0 radical (unpaired) electrons. The Labute approximate surface area is 262 Å². The van der Waals surface area contributed by atoms with Gasteiger partial charge in [-0.1, -0.05) is 65.2 Å². The molecule has 2 fully saturated rings. The molecule has 1 aromatic heterocycles. The summed E-state index contributed by atoms with van der Waals surface area (Å²) in [6.07, 6.45) is 10.4. The van der Waals surface area contributed by atoms with E-state index >= 15 is 0 Å². The van der Waals surface area contributed by atoms with Crippen LogP contribution >= 0.6 is 11.3 Å². The van der Waals surface area contributed by atoms with Crippen LogP contribution in [-0.4, -0.2) is 88.2 Å². The minimum absolute atomic E-state index is 0.00220. The number of thiazole rings is 1. The van der Waals surface area contributed by atoms with Crippen molar-refractivity contribution in [1.29, 1.82) is 0 Å². The van der Waals surface area contributed by atoms with Gasteiger partial charge in [0.05, 0.1) is 35.8 Å². The molecule has 244 valence electrons. The number of aliphatic hydroxyl groups is 2. The summed E-state index contributed by atoms with van der Waals surface area (Å²) < 4.78 is 0. The standard InChI is InChI=1S/C33H56N4O5S/c1-23(2)15-29(38)32(41)28(16-24-11-7-5-8-12-24)35-33(42)26(17-27-21-43-22-34-27)18-30(39)37(20-31(40)36(3)4)19-25-13-9-6-10-14-25/h21-26,28-29,32,38,41H,5-20H2,1-4H3,(H,35,42)/t26-,28+,29+,32-/m1/s1. The molecule has 0 bridgehead atoms. The molecule has 4 atom stereocenters. The highest BCUT2D eigenvalue weighted by atomic mass is 32.1. The maximum absolute atomic E-state index is 14.0. The van der Waals surface area contributed by atoms with Gasteiger partial charge in [0, 0.05) is 38.9 Å². The van der Waals surface area contributed by atoms with Crippen molar-refractivity contribution in [2.24, 2.45) is 23.7 Å². The molecule has 0 aliphatic heterocycles. The van der Waals surface area contributed by atoms with Crippen LogP contribution in [-0.2, 0) is 20.8 Å². The molecule has 1 heterocycles. The third kappa shape index (κ3) is 12.1. The van der Waals surface area contributed by atoms with Gasteiger partial charge in [-0.3, -0.25) is 14.4 Å². The number of aliphatic hydroxyl groups excluding tert-OH is 2. The number of carbonyl (C=O) groups is 3.